The molecule has 5 rings (SSSR count). The second-order valence-corrected chi connectivity index (χ2v) is 11.8. The van der Waals surface area contributed by atoms with Crippen LogP contribution < -0.4 is 21.3 Å². The highest BCUT2D eigenvalue weighted by molar-refractivity contribution is 6.05. The number of carbonyl (C=O) groups is 3. The zero-order valence-corrected chi connectivity index (χ0v) is 25.9. The van der Waals surface area contributed by atoms with E-state index in [9.17, 15) is 14.4 Å². The summed E-state index contributed by atoms with van der Waals surface area (Å²) in [5, 5.41) is 5.85. The van der Waals surface area contributed by atoms with Gasteiger partial charge in [0.15, 0.2) is 0 Å². The fourth-order valence-corrected chi connectivity index (χ4v) is 6.26. The van der Waals surface area contributed by atoms with Crippen molar-refractivity contribution >= 4 is 41.1 Å². The molecule has 0 unspecified atom stereocenters. The number of hydrogen-bond acceptors (Lipinski definition) is 5. The van der Waals surface area contributed by atoms with Crippen molar-refractivity contribution < 1.29 is 14.4 Å². The predicted octanol–water partition coefficient (Wildman–Crippen LogP) is 6.34. The van der Waals surface area contributed by atoms with Gasteiger partial charge in [0.25, 0.3) is 0 Å². The average Bonchev–Trinajstić information content (AvgIpc) is 3.07. The van der Waals surface area contributed by atoms with Crippen molar-refractivity contribution in [1.29, 1.82) is 0 Å². The van der Waals surface area contributed by atoms with Gasteiger partial charge in [0.05, 0.1) is 11.4 Å². The predicted molar refractivity (Wildman–Crippen MR) is 181 cm³/mol. The zero-order valence-electron chi connectivity index (χ0n) is 25.9. The van der Waals surface area contributed by atoms with Gasteiger partial charge < -0.3 is 21.3 Å². The SMILES string of the molecule is NC(=O)N(CCCc1ccccc1)C(=O)Nc1ccc(N2CCN(C3CCCCC3)CC2)c(NC(=O)C=Cc2ccccc2)c1. The van der Waals surface area contributed by atoms with E-state index in [1.165, 1.54) is 38.2 Å². The molecule has 1 heterocycles. The molecule has 0 radical (unpaired) electrons. The van der Waals surface area contributed by atoms with Crippen molar-refractivity contribution in [1.82, 2.24) is 9.80 Å². The lowest BCUT2D eigenvalue weighted by Crippen LogP contribution is -2.51. The third-order valence-corrected chi connectivity index (χ3v) is 8.68. The third-order valence-electron chi connectivity index (χ3n) is 8.68. The fourth-order valence-electron chi connectivity index (χ4n) is 6.26. The Morgan fingerprint density at radius 3 is 2.22 bits per heavy atom. The topological polar surface area (TPSA) is 111 Å². The zero-order chi connectivity index (χ0) is 31.4. The normalized spacial score (nSPS) is 16.0. The number of amides is 5. The van der Waals surface area contributed by atoms with Crippen molar-refractivity contribution in [3.63, 3.8) is 0 Å². The maximum absolute atomic E-state index is 13.2. The summed E-state index contributed by atoms with van der Waals surface area (Å²) in [5.74, 6) is -0.274. The van der Waals surface area contributed by atoms with Gasteiger partial charge in [0.1, 0.15) is 0 Å². The minimum Gasteiger partial charge on any atom is -0.367 e. The summed E-state index contributed by atoms with van der Waals surface area (Å²) in [6.45, 7) is 3.83. The summed E-state index contributed by atoms with van der Waals surface area (Å²) in [7, 11) is 0. The van der Waals surface area contributed by atoms with Gasteiger partial charge in [-0.2, -0.15) is 0 Å². The molecule has 4 N–H and O–H groups in total. The van der Waals surface area contributed by atoms with Crippen LogP contribution in [-0.4, -0.2) is 66.5 Å². The molecule has 2 aliphatic rings. The van der Waals surface area contributed by atoms with E-state index in [2.05, 4.69) is 20.4 Å². The monoisotopic (exact) mass is 608 g/mol. The van der Waals surface area contributed by atoms with Crippen LogP contribution in [0, 0.1) is 0 Å². The van der Waals surface area contributed by atoms with Gasteiger partial charge in [0.2, 0.25) is 5.91 Å². The highest BCUT2D eigenvalue weighted by Gasteiger charge is 2.27. The molecule has 1 aliphatic carbocycles. The lowest BCUT2D eigenvalue weighted by Gasteiger charge is -2.42. The van der Waals surface area contributed by atoms with Crippen molar-refractivity contribution in [2.45, 2.75) is 51.0 Å². The number of carbonyl (C=O) groups excluding carboxylic acids is 3. The van der Waals surface area contributed by atoms with Crippen LogP contribution in [0.2, 0.25) is 0 Å². The van der Waals surface area contributed by atoms with E-state index in [1.54, 1.807) is 18.2 Å². The number of nitrogens with zero attached hydrogens (tertiary/aromatic N) is 3. The number of aryl methyl sites for hydroxylation is 1. The number of nitrogens with one attached hydrogen (secondary N) is 2. The van der Waals surface area contributed by atoms with E-state index in [0.717, 1.165) is 47.9 Å². The van der Waals surface area contributed by atoms with Gasteiger partial charge in [-0.05, 0) is 61.1 Å². The molecule has 1 saturated carbocycles. The van der Waals surface area contributed by atoms with Gasteiger partial charge in [0, 0.05) is 50.5 Å². The first kappa shape index (κ1) is 31.8. The van der Waals surface area contributed by atoms with Crippen molar-refractivity contribution in [2.24, 2.45) is 5.73 Å². The smallest absolute Gasteiger partial charge is 0.329 e. The molecule has 0 aromatic heterocycles. The summed E-state index contributed by atoms with van der Waals surface area (Å²) in [5.41, 5.74) is 9.58. The van der Waals surface area contributed by atoms with Crippen LogP contribution >= 0.6 is 0 Å². The first-order chi connectivity index (χ1) is 22.0. The Labute approximate surface area is 266 Å². The van der Waals surface area contributed by atoms with Crippen LogP contribution in [0.4, 0.5) is 26.7 Å². The molecular weight excluding hydrogens is 564 g/mol. The molecule has 1 saturated heterocycles. The van der Waals surface area contributed by atoms with E-state index in [-0.39, 0.29) is 12.5 Å². The molecule has 0 bridgehead atoms. The number of nitrogens with two attached hydrogens (primary N) is 1. The number of piperazine rings is 1. The maximum atomic E-state index is 13.2. The first-order valence-corrected chi connectivity index (χ1v) is 16.1. The van der Waals surface area contributed by atoms with Crippen molar-refractivity contribution in [2.75, 3.05) is 48.3 Å². The van der Waals surface area contributed by atoms with Gasteiger partial charge in [-0.1, -0.05) is 79.9 Å². The first-order valence-electron chi connectivity index (χ1n) is 16.1. The number of primary amides is 1. The highest BCUT2D eigenvalue weighted by atomic mass is 16.2. The second kappa shape index (κ2) is 15.9. The summed E-state index contributed by atoms with van der Waals surface area (Å²) in [6, 6.07) is 24.3. The minimum atomic E-state index is -0.812. The molecule has 3 aromatic carbocycles. The Hall–Kier alpha value is -4.63. The van der Waals surface area contributed by atoms with Crippen molar-refractivity contribution in [3.8, 4) is 0 Å². The molecular formula is C36H44N6O3. The Bertz CT molecular complexity index is 1450. The highest BCUT2D eigenvalue weighted by Crippen LogP contribution is 2.32. The molecule has 2 fully saturated rings. The number of urea groups is 2. The summed E-state index contributed by atoms with van der Waals surface area (Å²) >= 11 is 0. The molecule has 9 heteroatoms. The standard InChI is InChI=1S/C36H44N6O3/c37-35(44)42(22-10-15-28-11-4-1-5-12-28)36(45)38-30-19-20-33(41-25-23-40(24-26-41)31-16-8-3-9-17-31)32(27-30)39-34(43)21-18-29-13-6-2-7-14-29/h1-2,4-7,11-14,18-21,27,31H,3,8-10,15-17,22-26H2,(H2,37,44)(H,38,45)(H,39,43). The second-order valence-electron chi connectivity index (χ2n) is 11.8. The molecule has 236 valence electrons. The van der Waals surface area contributed by atoms with E-state index < -0.39 is 12.1 Å². The van der Waals surface area contributed by atoms with Crippen LogP contribution in [0.5, 0.6) is 0 Å². The van der Waals surface area contributed by atoms with Crippen LogP contribution in [0.15, 0.2) is 84.9 Å². The van der Waals surface area contributed by atoms with E-state index in [1.807, 2.05) is 66.7 Å². The molecule has 3 aromatic rings. The Balaban J connectivity index is 1.28. The molecule has 9 nitrogen and oxygen atoms in total. The van der Waals surface area contributed by atoms with Crippen molar-refractivity contribution in [3.05, 3.63) is 96.1 Å². The fraction of sp³-hybridized carbons (Fsp3) is 0.361. The van der Waals surface area contributed by atoms with Gasteiger partial charge in [-0.25, -0.2) is 14.5 Å². The molecule has 45 heavy (non-hydrogen) atoms. The number of anilines is 3. The summed E-state index contributed by atoms with van der Waals surface area (Å²) in [6.07, 6.45) is 11.1. The Morgan fingerprint density at radius 1 is 0.844 bits per heavy atom. The number of rotatable bonds is 10. The maximum Gasteiger partial charge on any atom is 0.329 e. The molecule has 0 atom stereocenters. The minimum absolute atomic E-state index is 0.188. The van der Waals surface area contributed by atoms with E-state index in [4.69, 9.17) is 5.73 Å². The van der Waals surface area contributed by atoms with E-state index in [0.29, 0.717) is 30.3 Å². The van der Waals surface area contributed by atoms with Crippen LogP contribution in [0.25, 0.3) is 6.08 Å². The van der Waals surface area contributed by atoms with Gasteiger partial charge in [-0.15, -0.1) is 0 Å². The number of imide groups is 1. The van der Waals surface area contributed by atoms with Crippen LogP contribution in [0.1, 0.15) is 49.7 Å². The van der Waals surface area contributed by atoms with E-state index >= 15 is 0 Å². The van der Waals surface area contributed by atoms with Crippen LogP contribution in [-0.2, 0) is 11.2 Å². The lowest BCUT2D eigenvalue weighted by molar-refractivity contribution is -0.111. The van der Waals surface area contributed by atoms with Gasteiger partial charge >= 0.3 is 12.1 Å². The average molecular weight is 609 g/mol. The van der Waals surface area contributed by atoms with Gasteiger partial charge in [-0.3, -0.25) is 9.69 Å². The Morgan fingerprint density at radius 2 is 1.53 bits per heavy atom. The summed E-state index contributed by atoms with van der Waals surface area (Å²) in [4.78, 5) is 44.3. The quantitative estimate of drug-likeness (QED) is 0.233. The lowest BCUT2D eigenvalue weighted by atomic mass is 9.94. The third kappa shape index (κ3) is 9.18. The largest absolute Gasteiger partial charge is 0.367 e. The number of benzene rings is 3. The summed E-state index contributed by atoms with van der Waals surface area (Å²) < 4.78 is 0. The van der Waals surface area contributed by atoms with Crippen LogP contribution in [0.3, 0.4) is 0 Å². The molecule has 1 aliphatic heterocycles. The molecule has 0 spiro atoms. The Kier molecular flexibility index (Phi) is 11.2. The molecule has 5 amide bonds. The number of hydrogen-bond donors (Lipinski definition) is 3.